The Labute approximate surface area is 79.8 Å². The van der Waals surface area contributed by atoms with Gasteiger partial charge in [0.05, 0.1) is 0 Å². The topological polar surface area (TPSA) is 64.3 Å². The lowest BCUT2D eigenvalue weighted by Gasteiger charge is -2.03. The summed E-state index contributed by atoms with van der Waals surface area (Å²) in [6.45, 7) is 2.06. The second-order valence-electron chi connectivity index (χ2n) is 2.94. The fraction of sp³-hybridized carbons (Fsp3) is 0.889. The number of carbonyl (C=O) groups is 1. The molecule has 3 N–H and O–H groups in total. The molecule has 4 nitrogen and oxygen atoms in total. The molecule has 0 spiro atoms. The first-order chi connectivity index (χ1) is 6.31. The summed E-state index contributed by atoms with van der Waals surface area (Å²) in [7, 11) is 1.67. The first kappa shape index (κ1) is 12.4. The van der Waals surface area contributed by atoms with Gasteiger partial charge in [0.15, 0.2) is 0 Å². The number of carbonyl (C=O) groups excluding carboxylic acids is 1. The van der Waals surface area contributed by atoms with Gasteiger partial charge in [0.1, 0.15) is 0 Å². The highest BCUT2D eigenvalue weighted by Gasteiger charge is 1.98. The van der Waals surface area contributed by atoms with Gasteiger partial charge in [0, 0.05) is 26.7 Å². The van der Waals surface area contributed by atoms with Crippen LogP contribution in [0, 0.1) is 0 Å². The monoisotopic (exact) mass is 188 g/mol. The molecule has 0 saturated carbocycles. The minimum atomic E-state index is 0.115. The summed E-state index contributed by atoms with van der Waals surface area (Å²) in [5.41, 5.74) is 5.29. The van der Waals surface area contributed by atoms with E-state index in [2.05, 4.69) is 5.32 Å². The summed E-state index contributed by atoms with van der Waals surface area (Å²) in [5.74, 6) is 0.115. The van der Waals surface area contributed by atoms with Crippen molar-refractivity contribution >= 4 is 5.91 Å². The molecule has 78 valence electrons. The van der Waals surface area contributed by atoms with E-state index in [1.54, 1.807) is 7.11 Å². The molecule has 0 fully saturated rings. The van der Waals surface area contributed by atoms with Crippen LogP contribution in [0.15, 0.2) is 0 Å². The average Bonchev–Trinajstić information content (AvgIpc) is 2.13. The van der Waals surface area contributed by atoms with Crippen LogP contribution in [0.3, 0.4) is 0 Å². The standard InChI is InChI=1S/C9H20N2O2/c1-13-8-3-2-5-9(12)11-7-4-6-10/h2-8,10H2,1H3,(H,11,12). The van der Waals surface area contributed by atoms with Gasteiger partial charge in [-0.15, -0.1) is 0 Å². The molecule has 0 atom stereocenters. The van der Waals surface area contributed by atoms with E-state index < -0.39 is 0 Å². The fourth-order valence-corrected chi connectivity index (χ4v) is 0.950. The predicted molar refractivity (Wildman–Crippen MR) is 52.4 cm³/mol. The average molecular weight is 188 g/mol. The van der Waals surface area contributed by atoms with E-state index in [4.69, 9.17) is 10.5 Å². The van der Waals surface area contributed by atoms with E-state index in [0.29, 0.717) is 19.5 Å². The van der Waals surface area contributed by atoms with Gasteiger partial charge in [0.25, 0.3) is 0 Å². The van der Waals surface area contributed by atoms with Crippen LogP contribution in [0.4, 0.5) is 0 Å². The molecular formula is C9H20N2O2. The largest absolute Gasteiger partial charge is 0.385 e. The first-order valence-electron chi connectivity index (χ1n) is 4.77. The van der Waals surface area contributed by atoms with Crippen LogP contribution >= 0.6 is 0 Å². The smallest absolute Gasteiger partial charge is 0.219 e. The summed E-state index contributed by atoms with van der Waals surface area (Å²) < 4.78 is 4.87. The van der Waals surface area contributed by atoms with Gasteiger partial charge in [-0.05, 0) is 25.8 Å². The lowest BCUT2D eigenvalue weighted by atomic mass is 10.2. The van der Waals surface area contributed by atoms with Crippen LogP contribution in [0.25, 0.3) is 0 Å². The van der Waals surface area contributed by atoms with E-state index in [1.165, 1.54) is 0 Å². The van der Waals surface area contributed by atoms with Gasteiger partial charge in [-0.1, -0.05) is 0 Å². The maximum atomic E-state index is 11.1. The van der Waals surface area contributed by atoms with Gasteiger partial charge in [-0.25, -0.2) is 0 Å². The minimum absolute atomic E-state index is 0.115. The Bertz CT molecular complexity index is 129. The number of nitrogens with one attached hydrogen (secondary N) is 1. The maximum Gasteiger partial charge on any atom is 0.219 e. The third kappa shape index (κ3) is 9.30. The Hall–Kier alpha value is -0.610. The Balaban J connectivity index is 3.11. The van der Waals surface area contributed by atoms with Crippen molar-refractivity contribution in [1.82, 2.24) is 5.32 Å². The van der Waals surface area contributed by atoms with Crippen molar-refractivity contribution in [2.45, 2.75) is 25.7 Å². The van der Waals surface area contributed by atoms with Crippen LogP contribution < -0.4 is 11.1 Å². The summed E-state index contributed by atoms with van der Waals surface area (Å²) >= 11 is 0. The first-order valence-corrected chi connectivity index (χ1v) is 4.77. The molecule has 0 unspecified atom stereocenters. The molecule has 1 amide bonds. The highest BCUT2D eigenvalue weighted by atomic mass is 16.5. The fourth-order valence-electron chi connectivity index (χ4n) is 0.950. The van der Waals surface area contributed by atoms with Crippen LogP contribution in [-0.4, -0.2) is 32.7 Å². The second-order valence-corrected chi connectivity index (χ2v) is 2.94. The van der Waals surface area contributed by atoms with Crippen LogP contribution in [-0.2, 0) is 9.53 Å². The SMILES string of the molecule is COCCCCC(=O)NCCCN. The van der Waals surface area contributed by atoms with Crippen molar-refractivity contribution in [1.29, 1.82) is 0 Å². The van der Waals surface area contributed by atoms with Crippen molar-refractivity contribution in [3.05, 3.63) is 0 Å². The second kappa shape index (κ2) is 9.48. The number of rotatable bonds is 8. The van der Waals surface area contributed by atoms with Crippen LogP contribution in [0.2, 0.25) is 0 Å². The van der Waals surface area contributed by atoms with Gasteiger partial charge in [0.2, 0.25) is 5.91 Å². The van der Waals surface area contributed by atoms with E-state index in [-0.39, 0.29) is 5.91 Å². The molecule has 0 rings (SSSR count). The third-order valence-electron chi connectivity index (χ3n) is 1.71. The summed E-state index contributed by atoms with van der Waals surface area (Å²) in [6, 6.07) is 0. The van der Waals surface area contributed by atoms with Gasteiger partial charge in [-0.3, -0.25) is 4.79 Å². The summed E-state index contributed by atoms with van der Waals surface area (Å²) in [6.07, 6.45) is 3.28. The van der Waals surface area contributed by atoms with Crippen LogP contribution in [0.1, 0.15) is 25.7 Å². The zero-order valence-corrected chi connectivity index (χ0v) is 8.34. The number of amides is 1. The third-order valence-corrected chi connectivity index (χ3v) is 1.71. The minimum Gasteiger partial charge on any atom is -0.385 e. The van der Waals surface area contributed by atoms with E-state index in [9.17, 15) is 4.79 Å². The molecule has 0 heterocycles. The number of unbranched alkanes of at least 4 members (excludes halogenated alkanes) is 1. The Morgan fingerprint density at radius 2 is 2.15 bits per heavy atom. The van der Waals surface area contributed by atoms with Gasteiger partial charge < -0.3 is 15.8 Å². The number of ether oxygens (including phenoxy) is 1. The Kier molecular flexibility index (Phi) is 9.03. The van der Waals surface area contributed by atoms with Crippen LogP contribution in [0.5, 0.6) is 0 Å². The molecule has 0 aliphatic carbocycles. The number of hydrogen-bond donors (Lipinski definition) is 2. The Morgan fingerprint density at radius 1 is 1.38 bits per heavy atom. The highest BCUT2D eigenvalue weighted by Crippen LogP contribution is 1.94. The molecule has 0 aromatic carbocycles. The number of hydrogen-bond acceptors (Lipinski definition) is 3. The Morgan fingerprint density at radius 3 is 2.77 bits per heavy atom. The molecule has 0 radical (unpaired) electrons. The number of methoxy groups -OCH3 is 1. The molecule has 0 saturated heterocycles. The molecule has 0 aliphatic rings. The molecular weight excluding hydrogens is 168 g/mol. The summed E-state index contributed by atoms with van der Waals surface area (Å²) in [4.78, 5) is 11.1. The van der Waals surface area contributed by atoms with E-state index >= 15 is 0 Å². The quantitative estimate of drug-likeness (QED) is 0.537. The number of nitrogens with two attached hydrogens (primary N) is 1. The van der Waals surface area contributed by atoms with Crippen molar-refractivity contribution in [3.8, 4) is 0 Å². The van der Waals surface area contributed by atoms with Gasteiger partial charge >= 0.3 is 0 Å². The lowest BCUT2D eigenvalue weighted by Crippen LogP contribution is -2.25. The van der Waals surface area contributed by atoms with E-state index in [1.807, 2.05) is 0 Å². The highest BCUT2D eigenvalue weighted by molar-refractivity contribution is 5.75. The van der Waals surface area contributed by atoms with Crippen molar-refractivity contribution in [3.63, 3.8) is 0 Å². The van der Waals surface area contributed by atoms with Crippen molar-refractivity contribution < 1.29 is 9.53 Å². The lowest BCUT2D eigenvalue weighted by molar-refractivity contribution is -0.121. The predicted octanol–water partition coefficient (Wildman–Crippen LogP) is 0.268. The van der Waals surface area contributed by atoms with E-state index in [0.717, 1.165) is 25.9 Å². The van der Waals surface area contributed by atoms with Crippen molar-refractivity contribution in [2.75, 3.05) is 26.8 Å². The summed E-state index contributed by atoms with van der Waals surface area (Å²) in [5, 5.41) is 2.80. The molecule has 4 heteroatoms. The molecule has 0 bridgehead atoms. The normalized spacial score (nSPS) is 10.0. The zero-order chi connectivity index (χ0) is 9.94. The van der Waals surface area contributed by atoms with Gasteiger partial charge in [-0.2, -0.15) is 0 Å². The molecule has 0 aromatic heterocycles. The molecule has 13 heavy (non-hydrogen) atoms. The maximum absolute atomic E-state index is 11.1. The van der Waals surface area contributed by atoms with Crippen molar-refractivity contribution in [2.24, 2.45) is 5.73 Å². The molecule has 0 aliphatic heterocycles. The molecule has 0 aromatic rings. The zero-order valence-electron chi connectivity index (χ0n) is 8.34.